The number of benzene rings is 1. The molecule has 5 heteroatoms. The highest BCUT2D eigenvalue weighted by atomic mass is 79.9. The molecule has 1 aromatic carbocycles. The lowest BCUT2D eigenvalue weighted by Gasteiger charge is -2.07. The van der Waals surface area contributed by atoms with Gasteiger partial charge in [-0.05, 0) is 42.3 Å². The Morgan fingerprint density at radius 3 is 2.85 bits per heavy atom. The number of amides is 1. The molecule has 100 valence electrons. The molecule has 2 aromatic rings. The average molecular weight is 330 g/mol. The number of nitrogens with one attached hydrogen (secondary N) is 1. The second-order valence-electron chi connectivity index (χ2n) is 4.34. The molecule has 0 bridgehead atoms. The van der Waals surface area contributed by atoms with Crippen molar-refractivity contribution in [1.29, 1.82) is 5.26 Å². The predicted octanol–water partition coefficient (Wildman–Crippen LogP) is 3.21. The third kappa shape index (κ3) is 3.65. The molecule has 0 spiro atoms. The van der Waals surface area contributed by atoms with E-state index in [2.05, 4.69) is 26.2 Å². The third-order valence-corrected chi connectivity index (χ3v) is 3.32. The van der Waals surface area contributed by atoms with Crippen LogP contribution in [0.4, 0.5) is 5.82 Å². The van der Waals surface area contributed by atoms with Gasteiger partial charge in [-0.1, -0.05) is 22.0 Å². The first-order valence-corrected chi connectivity index (χ1v) is 6.79. The quantitative estimate of drug-likeness (QED) is 0.940. The maximum atomic E-state index is 12.0. The molecule has 0 aliphatic carbocycles. The van der Waals surface area contributed by atoms with Crippen LogP contribution in [0, 0.1) is 18.3 Å². The Labute approximate surface area is 125 Å². The number of aryl methyl sites for hydroxylation is 1. The molecule has 0 unspecified atom stereocenters. The number of halogens is 1. The summed E-state index contributed by atoms with van der Waals surface area (Å²) in [5.41, 5.74) is 2.49. The lowest BCUT2D eigenvalue weighted by molar-refractivity contribution is -0.115. The Bertz CT molecular complexity index is 675. The predicted molar refractivity (Wildman–Crippen MR) is 80.2 cm³/mol. The Morgan fingerprint density at radius 2 is 2.20 bits per heavy atom. The van der Waals surface area contributed by atoms with Crippen molar-refractivity contribution in [3.63, 3.8) is 0 Å². The van der Waals surface area contributed by atoms with Crippen LogP contribution < -0.4 is 5.32 Å². The van der Waals surface area contributed by atoms with Crippen molar-refractivity contribution < 1.29 is 4.79 Å². The van der Waals surface area contributed by atoms with E-state index in [9.17, 15) is 4.79 Å². The summed E-state index contributed by atoms with van der Waals surface area (Å²) in [5.74, 6) is 0.310. The number of nitriles is 1. The zero-order valence-electron chi connectivity index (χ0n) is 10.9. The van der Waals surface area contributed by atoms with Gasteiger partial charge in [0.15, 0.2) is 0 Å². The first kappa shape index (κ1) is 14.2. The SMILES string of the molecule is Cc1ccc(Br)cc1CC(=O)Nc1ccc(C#N)cn1. The highest BCUT2D eigenvalue weighted by Gasteiger charge is 2.07. The van der Waals surface area contributed by atoms with Crippen LogP contribution in [0.1, 0.15) is 16.7 Å². The molecule has 0 atom stereocenters. The van der Waals surface area contributed by atoms with Gasteiger partial charge in [0.2, 0.25) is 5.91 Å². The van der Waals surface area contributed by atoms with E-state index in [-0.39, 0.29) is 12.3 Å². The van der Waals surface area contributed by atoms with Crippen molar-refractivity contribution >= 4 is 27.7 Å². The third-order valence-electron chi connectivity index (χ3n) is 2.82. The minimum Gasteiger partial charge on any atom is -0.310 e. The van der Waals surface area contributed by atoms with Crippen LogP contribution in [-0.4, -0.2) is 10.9 Å². The topological polar surface area (TPSA) is 65.8 Å². The van der Waals surface area contributed by atoms with E-state index in [0.29, 0.717) is 11.4 Å². The average Bonchev–Trinajstić information content (AvgIpc) is 2.43. The van der Waals surface area contributed by atoms with Crippen molar-refractivity contribution in [2.75, 3.05) is 5.32 Å². The van der Waals surface area contributed by atoms with Crippen LogP contribution in [0.2, 0.25) is 0 Å². The van der Waals surface area contributed by atoms with Gasteiger partial charge in [0.1, 0.15) is 11.9 Å². The van der Waals surface area contributed by atoms with Gasteiger partial charge >= 0.3 is 0 Å². The molecule has 0 saturated heterocycles. The number of carbonyl (C=O) groups is 1. The molecule has 0 radical (unpaired) electrons. The second kappa shape index (κ2) is 6.31. The lowest BCUT2D eigenvalue weighted by atomic mass is 10.1. The van der Waals surface area contributed by atoms with Gasteiger partial charge in [0, 0.05) is 10.7 Å². The Kier molecular flexibility index (Phi) is 4.49. The number of anilines is 1. The number of carbonyl (C=O) groups excluding carboxylic acids is 1. The van der Waals surface area contributed by atoms with Gasteiger partial charge in [-0.15, -0.1) is 0 Å². The van der Waals surface area contributed by atoms with Crippen LogP contribution in [-0.2, 0) is 11.2 Å². The summed E-state index contributed by atoms with van der Waals surface area (Å²) in [4.78, 5) is 16.0. The Hall–Kier alpha value is -2.19. The van der Waals surface area contributed by atoms with E-state index in [0.717, 1.165) is 15.6 Å². The van der Waals surface area contributed by atoms with Crippen molar-refractivity contribution in [3.05, 3.63) is 57.7 Å². The Balaban J connectivity index is 2.05. The van der Waals surface area contributed by atoms with Crippen LogP contribution in [0.15, 0.2) is 41.0 Å². The smallest absolute Gasteiger partial charge is 0.229 e. The first-order valence-electron chi connectivity index (χ1n) is 5.99. The highest BCUT2D eigenvalue weighted by Crippen LogP contribution is 2.17. The molecular weight excluding hydrogens is 318 g/mol. The number of hydrogen-bond donors (Lipinski definition) is 1. The maximum absolute atomic E-state index is 12.0. The van der Waals surface area contributed by atoms with E-state index in [1.54, 1.807) is 12.1 Å². The van der Waals surface area contributed by atoms with E-state index in [1.165, 1.54) is 6.20 Å². The van der Waals surface area contributed by atoms with Crippen LogP contribution in [0.25, 0.3) is 0 Å². The van der Waals surface area contributed by atoms with Crippen LogP contribution in [0.5, 0.6) is 0 Å². The molecule has 0 fully saturated rings. The number of nitrogens with zero attached hydrogens (tertiary/aromatic N) is 2. The van der Waals surface area contributed by atoms with E-state index in [4.69, 9.17) is 5.26 Å². The van der Waals surface area contributed by atoms with Crippen molar-refractivity contribution in [2.45, 2.75) is 13.3 Å². The van der Waals surface area contributed by atoms with Gasteiger partial charge in [-0.3, -0.25) is 4.79 Å². The molecule has 0 aliphatic rings. The van der Waals surface area contributed by atoms with Crippen LogP contribution >= 0.6 is 15.9 Å². The van der Waals surface area contributed by atoms with Gasteiger partial charge in [0.05, 0.1) is 12.0 Å². The lowest BCUT2D eigenvalue weighted by Crippen LogP contribution is -2.15. The fourth-order valence-electron chi connectivity index (χ4n) is 1.72. The summed E-state index contributed by atoms with van der Waals surface area (Å²) in [6, 6.07) is 11.1. The summed E-state index contributed by atoms with van der Waals surface area (Å²) in [6.07, 6.45) is 1.72. The number of pyridine rings is 1. The monoisotopic (exact) mass is 329 g/mol. The Morgan fingerprint density at radius 1 is 1.40 bits per heavy atom. The largest absolute Gasteiger partial charge is 0.310 e. The normalized spacial score (nSPS) is 9.85. The summed E-state index contributed by atoms with van der Waals surface area (Å²) >= 11 is 3.39. The molecule has 0 saturated carbocycles. The second-order valence-corrected chi connectivity index (χ2v) is 5.26. The summed E-state index contributed by atoms with van der Waals surface area (Å²) in [7, 11) is 0. The van der Waals surface area contributed by atoms with Gasteiger partial charge < -0.3 is 5.32 Å². The molecule has 1 heterocycles. The molecule has 2 rings (SSSR count). The fourth-order valence-corrected chi connectivity index (χ4v) is 2.13. The number of hydrogen-bond acceptors (Lipinski definition) is 3. The molecule has 0 aliphatic heterocycles. The van der Waals surface area contributed by atoms with E-state index in [1.807, 2.05) is 31.2 Å². The zero-order chi connectivity index (χ0) is 14.5. The molecule has 1 amide bonds. The standard InChI is InChI=1S/C15H12BrN3O/c1-10-2-4-13(16)6-12(10)7-15(20)19-14-5-3-11(8-17)9-18-14/h2-6,9H,7H2,1H3,(H,18,19,20). The minimum atomic E-state index is -0.136. The molecule has 1 aromatic heterocycles. The van der Waals surface area contributed by atoms with E-state index < -0.39 is 0 Å². The zero-order valence-corrected chi connectivity index (χ0v) is 12.4. The fraction of sp³-hybridized carbons (Fsp3) is 0.133. The number of rotatable bonds is 3. The summed E-state index contributed by atoms with van der Waals surface area (Å²) in [5, 5.41) is 11.4. The molecule has 4 nitrogen and oxygen atoms in total. The molecule has 1 N–H and O–H groups in total. The highest BCUT2D eigenvalue weighted by molar-refractivity contribution is 9.10. The maximum Gasteiger partial charge on any atom is 0.229 e. The number of aromatic nitrogens is 1. The minimum absolute atomic E-state index is 0.136. The summed E-state index contributed by atoms with van der Waals surface area (Å²) < 4.78 is 0.947. The van der Waals surface area contributed by atoms with Gasteiger partial charge in [-0.25, -0.2) is 4.98 Å². The van der Waals surface area contributed by atoms with Crippen molar-refractivity contribution in [2.24, 2.45) is 0 Å². The van der Waals surface area contributed by atoms with Crippen LogP contribution in [0.3, 0.4) is 0 Å². The molecule has 20 heavy (non-hydrogen) atoms. The van der Waals surface area contributed by atoms with E-state index >= 15 is 0 Å². The van der Waals surface area contributed by atoms with Crippen molar-refractivity contribution in [1.82, 2.24) is 4.98 Å². The van der Waals surface area contributed by atoms with Gasteiger partial charge in [-0.2, -0.15) is 5.26 Å². The first-order chi connectivity index (χ1) is 9.58. The van der Waals surface area contributed by atoms with Crippen molar-refractivity contribution in [3.8, 4) is 6.07 Å². The summed E-state index contributed by atoms with van der Waals surface area (Å²) in [6.45, 7) is 1.97. The van der Waals surface area contributed by atoms with Gasteiger partial charge in [0.25, 0.3) is 0 Å². The molecular formula is C15H12BrN3O.